The minimum Gasteiger partial charge on any atom is -0.414 e. The van der Waals surface area contributed by atoms with Gasteiger partial charge in [-0.25, -0.2) is 5.06 Å². The third-order valence-electron chi connectivity index (χ3n) is 3.93. The lowest BCUT2D eigenvalue weighted by Gasteiger charge is -2.38. The molecule has 0 bridgehead atoms. The largest absolute Gasteiger partial charge is 0.414 e. The summed E-state index contributed by atoms with van der Waals surface area (Å²) in [4.78, 5) is 16.4. The van der Waals surface area contributed by atoms with E-state index in [1.54, 1.807) is 7.05 Å². The Labute approximate surface area is 119 Å². The molecule has 114 valence electrons. The van der Waals surface area contributed by atoms with Crippen LogP contribution in [0.2, 0.25) is 18.1 Å². The molecule has 0 rings (SSSR count). The van der Waals surface area contributed by atoms with Crippen LogP contribution in [0.3, 0.4) is 0 Å². The van der Waals surface area contributed by atoms with Crippen LogP contribution in [0.15, 0.2) is 0 Å². The molecular weight excluding hydrogens is 258 g/mol. The van der Waals surface area contributed by atoms with E-state index in [2.05, 4.69) is 40.8 Å². The molecule has 0 unspecified atom stereocenters. The van der Waals surface area contributed by atoms with Gasteiger partial charge in [0.05, 0.1) is 7.11 Å². The van der Waals surface area contributed by atoms with Gasteiger partial charge in [-0.15, -0.1) is 0 Å². The van der Waals surface area contributed by atoms with Crippen molar-refractivity contribution >= 4 is 14.2 Å². The van der Waals surface area contributed by atoms with E-state index >= 15 is 0 Å². The van der Waals surface area contributed by atoms with Gasteiger partial charge in [-0.1, -0.05) is 20.8 Å². The van der Waals surface area contributed by atoms with E-state index in [-0.39, 0.29) is 17.0 Å². The van der Waals surface area contributed by atoms with Crippen LogP contribution in [0.5, 0.6) is 0 Å². The molecule has 0 aliphatic heterocycles. The van der Waals surface area contributed by atoms with E-state index in [9.17, 15) is 4.79 Å². The summed E-state index contributed by atoms with van der Waals surface area (Å²) in [7, 11) is 1.44. The van der Waals surface area contributed by atoms with Gasteiger partial charge in [-0.3, -0.25) is 9.63 Å². The molecule has 0 radical (unpaired) electrons. The maximum Gasteiger partial charge on any atom is 0.245 e. The summed E-state index contributed by atoms with van der Waals surface area (Å²) in [6, 6.07) is 0. The molecule has 4 nitrogen and oxygen atoms in total. The second-order valence-corrected chi connectivity index (χ2v) is 11.4. The standard InChI is InChI=1S/C14H31NO3Si/c1-12(18-19(7,8)14(2,3)4)10-9-11-13(16)15(5)17-6/h12H,9-11H2,1-8H3/t12-/m0/s1. The Morgan fingerprint density at radius 1 is 1.32 bits per heavy atom. The number of hydrogen-bond donors (Lipinski definition) is 0. The molecule has 0 fully saturated rings. The molecule has 0 aromatic carbocycles. The number of carbonyl (C=O) groups is 1. The van der Waals surface area contributed by atoms with Crippen molar-refractivity contribution in [2.45, 2.75) is 71.2 Å². The number of amides is 1. The van der Waals surface area contributed by atoms with Crippen LogP contribution < -0.4 is 0 Å². The first-order chi connectivity index (χ1) is 8.51. The average Bonchev–Trinajstić information content (AvgIpc) is 2.25. The predicted molar refractivity (Wildman–Crippen MR) is 81.4 cm³/mol. The lowest BCUT2D eigenvalue weighted by Crippen LogP contribution is -2.43. The summed E-state index contributed by atoms with van der Waals surface area (Å²) in [5, 5.41) is 1.51. The first-order valence-corrected chi connectivity index (χ1v) is 9.90. The summed E-state index contributed by atoms with van der Waals surface area (Å²) >= 11 is 0. The summed E-state index contributed by atoms with van der Waals surface area (Å²) in [5.74, 6) is 0.0158. The van der Waals surface area contributed by atoms with Crippen LogP contribution >= 0.6 is 0 Å². The fourth-order valence-electron chi connectivity index (χ4n) is 1.54. The Balaban J connectivity index is 4.07. The highest BCUT2D eigenvalue weighted by Gasteiger charge is 2.38. The molecule has 0 saturated heterocycles. The first-order valence-electron chi connectivity index (χ1n) is 6.99. The second kappa shape index (κ2) is 7.41. The van der Waals surface area contributed by atoms with Crippen molar-refractivity contribution in [3.63, 3.8) is 0 Å². The smallest absolute Gasteiger partial charge is 0.245 e. The van der Waals surface area contributed by atoms with Crippen molar-refractivity contribution in [1.82, 2.24) is 5.06 Å². The Hall–Kier alpha value is -0.393. The molecule has 0 saturated carbocycles. The monoisotopic (exact) mass is 289 g/mol. The van der Waals surface area contributed by atoms with Gasteiger partial charge in [0, 0.05) is 19.6 Å². The van der Waals surface area contributed by atoms with Crippen LogP contribution in [-0.4, -0.2) is 39.5 Å². The van der Waals surface area contributed by atoms with E-state index in [1.807, 2.05) is 0 Å². The van der Waals surface area contributed by atoms with Gasteiger partial charge >= 0.3 is 0 Å². The van der Waals surface area contributed by atoms with Crippen molar-refractivity contribution in [2.24, 2.45) is 0 Å². The molecule has 1 amide bonds. The van der Waals surface area contributed by atoms with Crippen LogP contribution in [0, 0.1) is 0 Å². The van der Waals surface area contributed by atoms with Crippen LogP contribution in [0.1, 0.15) is 47.0 Å². The van der Waals surface area contributed by atoms with Gasteiger partial charge < -0.3 is 4.43 Å². The van der Waals surface area contributed by atoms with Gasteiger partial charge in [-0.05, 0) is 37.9 Å². The average molecular weight is 289 g/mol. The normalized spacial score (nSPS) is 14.3. The van der Waals surface area contributed by atoms with Gasteiger partial charge in [-0.2, -0.15) is 0 Å². The Morgan fingerprint density at radius 2 is 1.84 bits per heavy atom. The summed E-state index contributed by atoms with van der Waals surface area (Å²) in [6.07, 6.45) is 2.47. The highest BCUT2D eigenvalue weighted by Crippen LogP contribution is 2.37. The zero-order chi connectivity index (χ0) is 15.3. The maximum atomic E-state index is 11.6. The Bertz CT molecular complexity index is 287. The van der Waals surface area contributed by atoms with E-state index in [0.717, 1.165) is 12.8 Å². The molecule has 19 heavy (non-hydrogen) atoms. The third-order valence-corrected chi connectivity index (χ3v) is 8.53. The van der Waals surface area contributed by atoms with Gasteiger partial charge in [0.25, 0.3) is 0 Å². The molecule has 0 aliphatic carbocycles. The molecule has 0 aliphatic rings. The SMILES string of the molecule is CON(C)C(=O)CCC[C@H](C)O[Si](C)(C)C(C)(C)C. The van der Waals surface area contributed by atoms with Crippen molar-refractivity contribution in [3.8, 4) is 0 Å². The predicted octanol–water partition coefficient (Wildman–Crippen LogP) is 3.59. The van der Waals surface area contributed by atoms with E-state index in [0.29, 0.717) is 6.42 Å². The lowest BCUT2D eigenvalue weighted by atomic mass is 10.2. The zero-order valence-corrected chi connectivity index (χ0v) is 14.9. The van der Waals surface area contributed by atoms with Crippen molar-refractivity contribution in [3.05, 3.63) is 0 Å². The number of hydrogen-bond acceptors (Lipinski definition) is 3. The minimum absolute atomic E-state index is 0.0158. The lowest BCUT2D eigenvalue weighted by molar-refractivity contribution is -0.168. The molecule has 0 N–H and O–H groups in total. The number of nitrogens with zero attached hydrogens (tertiary/aromatic N) is 1. The highest BCUT2D eigenvalue weighted by atomic mass is 28.4. The van der Waals surface area contributed by atoms with Crippen LogP contribution in [-0.2, 0) is 14.1 Å². The molecule has 0 aromatic rings. The van der Waals surface area contributed by atoms with Crippen molar-refractivity contribution < 1.29 is 14.1 Å². The van der Waals surface area contributed by atoms with Crippen molar-refractivity contribution in [1.29, 1.82) is 0 Å². The number of carbonyl (C=O) groups excluding carboxylic acids is 1. The molecular formula is C14H31NO3Si. The van der Waals surface area contributed by atoms with Crippen LogP contribution in [0.4, 0.5) is 0 Å². The molecule has 0 spiro atoms. The summed E-state index contributed by atoms with van der Waals surface area (Å²) < 4.78 is 6.25. The molecule has 1 atom stereocenters. The molecule has 0 heterocycles. The molecule has 0 aromatic heterocycles. The molecule has 5 heteroatoms. The second-order valence-electron chi connectivity index (χ2n) is 6.65. The fourth-order valence-corrected chi connectivity index (χ4v) is 3.02. The first kappa shape index (κ1) is 18.6. The topological polar surface area (TPSA) is 38.8 Å². The van der Waals surface area contributed by atoms with Crippen molar-refractivity contribution in [2.75, 3.05) is 14.2 Å². The van der Waals surface area contributed by atoms with E-state index < -0.39 is 8.32 Å². The number of hydroxylamine groups is 2. The quantitative estimate of drug-likeness (QED) is 0.531. The number of rotatable bonds is 7. The summed E-state index contributed by atoms with van der Waals surface area (Å²) in [6.45, 7) is 13.3. The minimum atomic E-state index is -1.69. The van der Waals surface area contributed by atoms with Gasteiger partial charge in [0.1, 0.15) is 0 Å². The Kier molecular flexibility index (Phi) is 7.25. The van der Waals surface area contributed by atoms with Gasteiger partial charge in [0.2, 0.25) is 5.91 Å². The van der Waals surface area contributed by atoms with Gasteiger partial charge in [0.15, 0.2) is 8.32 Å². The summed E-state index contributed by atoms with van der Waals surface area (Å²) in [5.41, 5.74) is 0. The van der Waals surface area contributed by atoms with E-state index in [4.69, 9.17) is 9.26 Å². The zero-order valence-electron chi connectivity index (χ0n) is 13.9. The van der Waals surface area contributed by atoms with E-state index in [1.165, 1.54) is 12.2 Å². The van der Waals surface area contributed by atoms with Crippen LogP contribution in [0.25, 0.3) is 0 Å². The fraction of sp³-hybridized carbons (Fsp3) is 0.929. The highest BCUT2D eigenvalue weighted by molar-refractivity contribution is 6.74. The Morgan fingerprint density at radius 3 is 2.26 bits per heavy atom. The maximum absolute atomic E-state index is 11.6. The third kappa shape index (κ3) is 6.54.